The van der Waals surface area contributed by atoms with E-state index in [2.05, 4.69) is 20.7 Å². The van der Waals surface area contributed by atoms with Gasteiger partial charge in [0.2, 0.25) is 11.8 Å². The minimum atomic E-state index is -0.303. The lowest BCUT2D eigenvalue weighted by Crippen LogP contribution is -2.48. The standard InChI is InChI=1S/C17H21N5O3/c1-12(23)21-8-10-22(11-9-21)14-4-2-13(3-5-14)18-17(25)15-6-7-16(24)20-19-15/h2-5H,6-11H2,1H3,(H,18,25)(H,20,24). The van der Waals surface area contributed by atoms with Crippen molar-refractivity contribution in [1.82, 2.24) is 10.3 Å². The molecule has 3 rings (SSSR count). The molecule has 2 N–H and O–H groups in total. The minimum absolute atomic E-state index is 0.111. The van der Waals surface area contributed by atoms with Crippen molar-refractivity contribution in [3.8, 4) is 0 Å². The van der Waals surface area contributed by atoms with Crippen LogP contribution in [0, 0.1) is 0 Å². The van der Waals surface area contributed by atoms with Gasteiger partial charge in [0.25, 0.3) is 5.91 Å². The number of nitrogens with one attached hydrogen (secondary N) is 2. The van der Waals surface area contributed by atoms with Gasteiger partial charge in [0, 0.05) is 57.3 Å². The molecule has 2 aliphatic heterocycles. The number of amides is 3. The predicted octanol–water partition coefficient (Wildman–Crippen LogP) is 0.560. The fourth-order valence-electron chi connectivity index (χ4n) is 2.88. The molecular weight excluding hydrogens is 322 g/mol. The molecule has 0 unspecified atom stereocenters. The van der Waals surface area contributed by atoms with E-state index in [1.807, 2.05) is 29.2 Å². The average Bonchev–Trinajstić information content (AvgIpc) is 2.63. The number of rotatable bonds is 3. The molecule has 0 radical (unpaired) electrons. The first kappa shape index (κ1) is 16.9. The predicted molar refractivity (Wildman–Crippen MR) is 94.4 cm³/mol. The normalized spacial score (nSPS) is 17.6. The average molecular weight is 343 g/mol. The molecule has 0 aliphatic carbocycles. The summed E-state index contributed by atoms with van der Waals surface area (Å²) in [5, 5.41) is 6.57. The van der Waals surface area contributed by atoms with Gasteiger partial charge < -0.3 is 15.1 Å². The van der Waals surface area contributed by atoms with Crippen LogP contribution in [0.1, 0.15) is 19.8 Å². The van der Waals surface area contributed by atoms with Gasteiger partial charge in [-0.25, -0.2) is 5.43 Å². The second-order valence-electron chi connectivity index (χ2n) is 6.09. The molecule has 1 fully saturated rings. The molecule has 8 nitrogen and oxygen atoms in total. The van der Waals surface area contributed by atoms with Crippen molar-refractivity contribution in [2.75, 3.05) is 36.4 Å². The Morgan fingerprint density at radius 3 is 2.32 bits per heavy atom. The molecule has 0 bridgehead atoms. The van der Waals surface area contributed by atoms with E-state index < -0.39 is 0 Å². The Morgan fingerprint density at radius 2 is 1.76 bits per heavy atom. The van der Waals surface area contributed by atoms with Crippen molar-refractivity contribution in [3.63, 3.8) is 0 Å². The van der Waals surface area contributed by atoms with Crippen LogP contribution in [0.4, 0.5) is 11.4 Å². The number of benzene rings is 1. The highest BCUT2D eigenvalue weighted by molar-refractivity contribution is 6.43. The Labute approximate surface area is 145 Å². The van der Waals surface area contributed by atoms with Crippen LogP contribution < -0.4 is 15.6 Å². The topological polar surface area (TPSA) is 94.1 Å². The highest BCUT2D eigenvalue weighted by Crippen LogP contribution is 2.20. The maximum absolute atomic E-state index is 12.1. The number of hydrazone groups is 1. The van der Waals surface area contributed by atoms with Gasteiger partial charge in [0.15, 0.2) is 0 Å². The molecule has 132 valence electrons. The lowest BCUT2D eigenvalue weighted by atomic mass is 10.1. The fourth-order valence-corrected chi connectivity index (χ4v) is 2.88. The van der Waals surface area contributed by atoms with E-state index in [1.165, 1.54) is 0 Å². The first-order valence-electron chi connectivity index (χ1n) is 8.30. The summed E-state index contributed by atoms with van der Waals surface area (Å²) >= 11 is 0. The number of nitrogens with zero attached hydrogens (tertiary/aromatic N) is 3. The SMILES string of the molecule is CC(=O)N1CCN(c2ccc(NC(=O)C3=NNC(=O)CC3)cc2)CC1. The summed E-state index contributed by atoms with van der Waals surface area (Å²) in [5.74, 6) is -0.367. The van der Waals surface area contributed by atoms with Gasteiger partial charge in [-0.1, -0.05) is 0 Å². The summed E-state index contributed by atoms with van der Waals surface area (Å²) in [6.07, 6.45) is 0.619. The first-order valence-corrected chi connectivity index (χ1v) is 8.30. The molecule has 8 heteroatoms. The van der Waals surface area contributed by atoms with E-state index in [4.69, 9.17) is 0 Å². The van der Waals surface area contributed by atoms with Crippen LogP contribution in [0.5, 0.6) is 0 Å². The van der Waals surface area contributed by atoms with E-state index in [0.717, 1.165) is 31.9 Å². The van der Waals surface area contributed by atoms with Gasteiger partial charge in [0.1, 0.15) is 5.71 Å². The maximum atomic E-state index is 12.1. The van der Waals surface area contributed by atoms with Crippen LogP contribution in [0.2, 0.25) is 0 Å². The second kappa shape index (κ2) is 7.33. The number of piperazine rings is 1. The summed E-state index contributed by atoms with van der Waals surface area (Å²) in [7, 11) is 0. The highest BCUT2D eigenvalue weighted by Gasteiger charge is 2.20. The molecule has 25 heavy (non-hydrogen) atoms. The third kappa shape index (κ3) is 4.14. The third-order valence-electron chi connectivity index (χ3n) is 4.38. The molecule has 2 heterocycles. The van der Waals surface area contributed by atoms with Gasteiger partial charge in [-0.15, -0.1) is 0 Å². The summed E-state index contributed by atoms with van der Waals surface area (Å²) in [6, 6.07) is 7.58. The van der Waals surface area contributed by atoms with Crippen LogP contribution in [-0.4, -0.2) is 54.5 Å². The molecule has 2 aliphatic rings. The quantitative estimate of drug-likeness (QED) is 0.838. The van der Waals surface area contributed by atoms with Gasteiger partial charge in [-0.3, -0.25) is 14.4 Å². The van der Waals surface area contributed by atoms with Crippen molar-refractivity contribution in [2.24, 2.45) is 5.10 Å². The van der Waals surface area contributed by atoms with Crippen LogP contribution in [0.3, 0.4) is 0 Å². The number of carbonyl (C=O) groups excluding carboxylic acids is 3. The Balaban J connectivity index is 1.56. The second-order valence-corrected chi connectivity index (χ2v) is 6.09. The lowest BCUT2D eigenvalue weighted by molar-refractivity contribution is -0.129. The van der Waals surface area contributed by atoms with Gasteiger partial charge in [0.05, 0.1) is 0 Å². The Bertz CT molecular complexity index is 705. The van der Waals surface area contributed by atoms with Crippen molar-refractivity contribution in [3.05, 3.63) is 24.3 Å². The molecule has 1 aromatic rings. The fraction of sp³-hybridized carbons (Fsp3) is 0.412. The van der Waals surface area contributed by atoms with E-state index >= 15 is 0 Å². The van der Waals surface area contributed by atoms with Crippen molar-refractivity contribution >= 4 is 34.8 Å². The maximum Gasteiger partial charge on any atom is 0.271 e. The van der Waals surface area contributed by atoms with E-state index in [1.54, 1.807) is 6.92 Å². The van der Waals surface area contributed by atoms with Crippen molar-refractivity contribution in [2.45, 2.75) is 19.8 Å². The Hall–Kier alpha value is -2.90. The lowest BCUT2D eigenvalue weighted by Gasteiger charge is -2.35. The van der Waals surface area contributed by atoms with Gasteiger partial charge in [-0.05, 0) is 24.3 Å². The molecule has 3 amide bonds. The first-order chi connectivity index (χ1) is 12.0. The van der Waals surface area contributed by atoms with E-state index in [9.17, 15) is 14.4 Å². The van der Waals surface area contributed by atoms with Crippen LogP contribution >= 0.6 is 0 Å². The summed E-state index contributed by atoms with van der Waals surface area (Å²) < 4.78 is 0. The monoisotopic (exact) mass is 343 g/mol. The molecule has 1 saturated heterocycles. The summed E-state index contributed by atoms with van der Waals surface area (Å²) in [6.45, 7) is 4.62. The van der Waals surface area contributed by atoms with E-state index in [-0.39, 0.29) is 24.1 Å². The zero-order chi connectivity index (χ0) is 17.8. The van der Waals surface area contributed by atoms with Gasteiger partial charge >= 0.3 is 0 Å². The van der Waals surface area contributed by atoms with Crippen LogP contribution in [0.25, 0.3) is 0 Å². The zero-order valence-electron chi connectivity index (χ0n) is 14.1. The van der Waals surface area contributed by atoms with E-state index in [0.29, 0.717) is 17.8 Å². The van der Waals surface area contributed by atoms with Gasteiger partial charge in [-0.2, -0.15) is 5.10 Å². The van der Waals surface area contributed by atoms with Crippen molar-refractivity contribution in [1.29, 1.82) is 0 Å². The Morgan fingerprint density at radius 1 is 1.08 bits per heavy atom. The number of hydrogen-bond donors (Lipinski definition) is 2. The third-order valence-corrected chi connectivity index (χ3v) is 4.38. The number of carbonyl (C=O) groups is 3. The minimum Gasteiger partial charge on any atom is -0.368 e. The molecule has 0 aromatic heterocycles. The molecular formula is C17H21N5O3. The van der Waals surface area contributed by atoms with Crippen molar-refractivity contribution < 1.29 is 14.4 Å². The number of hydrogen-bond acceptors (Lipinski definition) is 5. The Kier molecular flexibility index (Phi) is 4.97. The molecule has 1 aromatic carbocycles. The summed E-state index contributed by atoms with van der Waals surface area (Å²) in [4.78, 5) is 38.6. The molecule has 0 spiro atoms. The van der Waals surface area contributed by atoms with Crippen LogP contribution in [-0.2, 0) is 14.4 Å². The molecule has 0 atom stereocenters. The largest absolute Gasteiger partial charge is 0.368 e. The number of anilines is 2. The zero-order valence-corrected chi connectivity index (χ0v) is 14.1. The molecule has 0 saturated carbocycles. The highest BCUT2D eigenvalue weighted by atomic mass is 16.2. The smallest absolute Gasteiger partial charge is 0.271 e. The van der Waals surface area contributed by atoms with Crippen LogP contribution in [0.15, 0.2) is 29.4 Å². The summed E-state index contributed by atoms with van der Waals surface area (Å²) in [5.41, 5.74) is 4.37.